The van der Waals surface area contributed by atoms with Crippen LogP contribution in [0.15, 0.2) is 30.6 Å². The lowest BCUT2D eigenvalue weighted by Gasteiger charge is -2.33. The lowest BCUT2D eigenvalue weighted by Crippen LogP contribution is -2.46. The summed E-state index contributed by atoms with van der Waals surface area (Å²) in [5, 5.41) is 2.76. The molecular weight excluding hydrogens is 350 g/mol. The SMILES string of the molecule is COc1ccc(NC(=O)c2cnc(N3CCN(C=O)CC3)cn2)c(OC)c1. The van der Waals surface area contributed by atoms with Gasteiger partial charge in [-0.1, -0.05) is 0 Å². The van der Waals surface area contributed by atoms with E-state index in [9.17, 15) is 9.59 Å². The predicted molar refractivity (Wildman–Crippen MR) is 99.4 cm³/mol. The molecule has 1 aromatic heterocycles. The van der Waals surface area contributed by atoms with Crippen molar-refractivity contribution in [3.8, 4) is 11.5 Å². The molecule has 9 heteroatoms. The van der Waals surface area contributed by atoms with Crippen LogP contribution in [0.25, 0.3) is 0 Å². The number of amides is 2. The molecule has 1 fully saturated rings. The van der Waals surface area contributed by atoms with Crippen LogP contribution in [0.3, 0.4) is 0 Å². The zero-order valence-corrected chi connectivity index (χ0v) is 15.2. The summed E-state index contributed by atoms with van der Waals surface area (Å²) < 4.78 is 10.4. The van der Waals surface area contributed by atoms with Crippen molar-refractivity contribution in [2.75, 3.05) is 50.6 Å². The van der Waals surface area contributed by atoms with Gasteiger partial charge in [-0.3, -0.25) is 9.59 Å². The average Bonchev–Trinajstić information content (AvgIpc) is 2.74. The predicted octanol–water partition coefficient (Wildman–Crippen LogP) is 1.02. The van der Waals surface area contributed by atoms with E-state index < -0.39 is 0 Å². The normalized spacial score (nSPS) is 13.9. The van der Waals surface area contributed by atoms with Crippen molar-refractivity contribution in [2.24, 2.45) is 0 Å². The number of carbonyl (C=O) groups excluding carboxylic acids is 2. The maximum Gasteiger partial charge on any atom is 0.275 e. The summed E-state index contributed by atoms with van der Waals surface area (Å²) >= 11 is 0. The van der Waals surface area contributed by atoms with Gasteiger partial charge in [0.25, 0.3) is 5.91 Å². The van der Waals surface area contributed by atoms with Gasteiger partial charge in [0.15, 0.2) is 0 Å². The Morgan fingerprint density at radius 3 is 2.48 bits per heavy atom. The Morgan fingerprint density at radius 2 is 1.89 bits per heavy atom. The van der Waals surface area contributed by atoms with Crippen molar-refractivity contribution < 1.29 is 19.1 Å². The molecular formula is C18H21N5O4. The largest absolute Gasteiger partial charge is 0.497 e. The van der Waals surface area contributed by atoms with E-state index in [1.165, 1.54) is 13.3 Å². The molecule has 2 heterocycles. The molecule has 2 amide bonds. The number of nitrogens with zero attached hydrogens (tertiary/aromatic N) is 4. The number of aromatic nitrogens is 2. The highest BCUT2D eigenvalue weighted by Crippen LogP contribution is 2.29. The van der Waals surface area contributed by atoms with Crippen LogP contribution in [0.2, 0.25) is 0 Å². The molecule has 1 N–H and O–H groups in total. The molecule has 1 saturated heterocycles. The quantitative estimate of drug-likeness (QED) is 0.757. The van der Waals surface area contributed by atoms with E-state index in [1.54, 1.807) is 36.4 Å². The molecule has 1 aliphatic heterocycles. The summed E-state index contributed by atoms with van der Waals surface area (Å²) in [6.07, 6.45) is 3.85. The molecule has 1 aromatic carbocycles. The number of carbonyl (C=O) groups is 2. The standard InChI is InChI=1S/C18H21N5O4/c1-26-13-3-4-14(16(9-13)27-2)21-18(25)15-10-20-17(11-19-15)23-7-5-22(12-24)6-8-23/h3-4,9-12H,5-8H2,1-2H3,(H,21,25). The highest BCUT2D eigenvalue weighted by molar-refractivity contribution is 6.03. The second-order valence-corrected chi connectivity index (χ2v) is 5.91. The minimum atomic E-state index is -0.386. The highest BCUT2D eigenvalue weighted by Gasteiger charge is 2.18. The van der Waals surface area contributed by atoms with Crippen LogP contribution in [0, 0.1) is 0 Å². The summed E-state index contributed by atoms with van der Waals surface area (Å²) in [6.45, 7) is 2.65. The van der Waals surface area contributed by atoms with Crippen LogP contribution in [0.1, 0.15) is 10.5 Å². The van der Waals surface area contributed by atoms with E-state index in [4.69, 9.17) is 9.47 Å². The molecule has 0 saturated carbocycles. The number of piperazine rings is 1. The number of benzene rings is 1. The van der Waals surface area contributed by atoms with Gasteiger partial charge >= 0.3 is 0 Å². The van der Waals surface area contributed by atoms with Crippen LogP contribution in [0.5, 0.6) is 11.5 Å². The summed E-state index contributed by atoms with van der Waals surface area (Å²) in [7, 11) is 3.08. The summed E-state index contributed by atoms with van der Waals surface area (Å²) in [4.78, 5) is 35.5. The molecule has 1 aliphatic rings. The third kappa shape index (κ3) is 4.25. The third-order valence-electron chi connectivity index (χ3n) is 4.32. The minimum Gasteiger partial charge on any atom is -0.497 e. The molecule has 142 valence electrons. The lowest BCUT2D eigenvalue weighted by atomic mass is 10.2. The van der Waals surface area contributed by atoms with Crippen molar-refractivity contribution in [3.05, 3.63) is 36.3 Å². The van der Waals surface area contributed by atoms with Gasteiger partial charge in [0, 0.05) is 32.2 Å². The molecule has 0 atom stereocenters. The van der Waals surface area contributed by atoms with Crippen molar-refractivity contribution in [1.82, 2.24) is 14.9 Å². The molecule has 0 bridgehead atoms. The van der Waals surface area contributed by atoms with Gasteiger partial charge in [-0.25, -0.2) is 9.97 Å². The Morgan fingerprint density at radius 1 is 1.11 bits per heavy atom. The second kappa shape index (κ2) is 8.35. The zero-order chi connectivity index (χ0) is 19.2. The van der Waals surface area contributed by atoms with Crippen LogP contribution >= 0.6 is 0 Å². The molecule has 0 aliphatic carbocycles. The van der Waals surface area contributed by atoms with Gasteiger partial charge in [-0.15, -0.1) is 0 Å². The number of nitrogens with one attached hydrogen (secondary N) is 1. The van der Waals surface area contributed by atoms with Crippen molar-refractivity contribution in [2.45, 2.75) is 0 Å². The number of ether oxygens (including phenoxy) is 2. The Hall–Kier alpha value is -3.36. The second-order valence-electron chi connectivity index (χ2n) is 5.91. The minimum absolute atomic E-state index is 0.197. The molecule has 0 unspecified atom stereocenters. The van der Waals surface area contributed by atoms with Gasteiger partial charge < -0.3 is 24.6 Å². The smallest absolute Gasteiger partial charge is 0.275 e. The van der Waals surface area contributed by atoms with Crippen LogP contribution < -0.4 is 19.7 Å². The van der Waals surface area contributed by atoms with Gasteiger partial charge in [-0.05, 0) is 12.1 Å². The summed E-state index contributed by atoms with van der Waals surface area (Å²) in [5.74, 6) is 1.41. The monoisotopic (exact) mass is 371 g/mol. The lowest BCUT2D eigenvalue weighted by molar-refractivity contribution is -0.118. The van der Waals surface area contributed by atoms with Crippen LogP contribution in [-0.2, 0) is 4.79 Å². The van der Waals surface area contributed by atoms with Gasteiger partial charge in [-0.2, -0.15) is 0 Å². The third-order valence-corrected chi connectivity index (χ3v) is 4.32. The zero-order valence-electron chi connectivity index (χ0n) is 15.2. The van der Waals surface area contributed by atoms with Gasteiger partial charge in [0.1, 0.15) is 23.0 Å². The van der Waals surface area contributed by atoms with E-state index >= 15 is 0 Å². The first kappa shape index (κ1) is 18.4. The van der Waals surface area contributed by atoms with E-state index in [1.807, 2.05) is 4.90 Å². The number of anilines is 2. The Balaban J connectivity index is 1.67. The van der Waals surface area contributed by atoms with E-state index in [-0.39, 0.29) is 11.6 Å². The molecule has 3 rings (SSSR count). The van der Waals surface area contributed by atoms with Crippen LogP contribution in [0.4, 0.5) is 11.5 Å². The first-order valence-corrected chi connectivity index (χ1v) is 8.44. The Labute approximate surface area is 156 Å². The molecule has 0 radical (unpaired) electrons. The average molecular weight is 371 g/mol. The first-order valence-electron chi connectivity index (χ1n) is 8.44. The fraction of sp³-hybridized carbons (Fsp3) is 0.333. The topological polar surface area (TPSA) is 96.9 Å². The van der Waals surface area contributed by atoms with Gasteiger partial charge in [0.2, 0.25) is 6.41 Å². The van der Waals surface area contributed by atoms with E-state index in [0.29, 0.717) is 49.2 Å². The number of hydrogen-bond donors (Lipinski definition) is 1. The number of rotatable bonds is 6. The summed E-state index contributed by atoms with van der Waals surface area (Å²) in [6, 6.07) is 5.11. The molecule has 2 aromatic rings. The van der Waals surface area contributed by atoms with Gasteiger partial charge in [0.05, 0.1) is 32.3 Å². The highest BCUT2D eigenvalue weighted by atomic mass is 16.5. The fourth-order valence-electron chi connectivity index (χ4n) is 2.75. The maximum absolute atomic E-state index is 12.4. The number of methoxy groups -OCH3 is 2. The fourth-order valence-corrected chi connectivity index (χ4v) is 2.75. The van der Waals surface area contributed by atoms with Crippen molar-refractivity contribution >= 4 is 23.8 Å². The van der Waals surface area contributed by atoms with Crippen molar-refractivity contribution in [3.63, 3.8) is 0 Å². The Kier molecular flexibility index (Phi) is 5.70. The molecule has 27 heavy (non-hydrogen) atoms. The Bertz CT molecular complexity index is 804. The number of hydrogen-bond acceptors (Lipinski definition) is 7. The maximum atomic E-state index is 12.4. The molecule has 9 nitrogen and oxygen atoms in total. The van der Waals surface area contributed by atoms with Crippen LogP contribution in [-0.4, -0.2) is 67.6 Å². The van der Waals surface area contributed by atoms with E-state index in [2.05, 4.69) is 15.3 Å². The first-order chi connectivity index (χ1) is 13.1. The van der Waals surface area contributed by atoms with Crippen molar-refractivity contribution in [1.29, 1.82) is 0 Å². The summed E-state index contributed by atoms with van der Waals surface area (Å²) in [5.41, 5.74) is 0.710. The van der Waals surface area contributed by atoms with E-state index in [0.717, 1.165) is 6.41 Å². The molecule has 0 spiro atoms.